The van der Waals surface area contributed by atoms with Crippen LogP contribution in [0.3, 0.4) is 0 Å². The predicted molar refractivity (Wildman–Crippen MR) is 89.4 cm³/mol. The van der Waals surface area contributed by atoms with Crippen LogP contribution in [-0.4, -0.2) is 43.2 Å². The van der Waals surface area contributed by atoms with Gasteiger partial charge in [-0.25, -0.2) is 0 Å². The fraction of sp³-hybridized carbons (Fsp3) is 1.00. The Morgan fingerprint density at radius 3 is 2.19 bits per heavy atom. The first-order chi connectivity index (χ1) is 10.2. The molecule has 0 radical (unpaired) electrons. The van der Waals surface area contributed by atoms with E-state index < -0.39 is 8.80 Å². The topological polar surface area (TPSA) is 39.7 Å². The SMILES string of the molecule is CO[Si](CC(C)CCNCCC1CCCCC1)(OC)OC. The molecular weight excluding hydrogens is 282 g/mol. The van der Waals surface area contributed by atoms with E-state index in [1.165, 1.54) is 45.1 Å². The van der Waals surface area contributed by atoms with Crippen molar-refractivity contribution in [1.29, 1.82) is 0 Å². The Balaban J connectivity index is 2.08. The van der Waals surface area contributed by atoms with Gasteiger partial charge in [0.05, 0.1) is 0 Å². The number of rotatable bonds is 11. The zero-order chi connectivity index (χ0) is 15.6. The molecule has 4 nitrogen and oxygen atoms in total. The molecule has 21 heavy (non-hydrogen) atoms. The Hall–Kier alpha value is 0.0569. The lowest BCUT2D eigenvalue weighted by Gasteiger charge is -2.27. The lowest BCUT2D eigenvalue weighted by molar-refractivity contribution is 0.118. The van der Waals surface area contributed by atoms with E-state index in [1.807, 2.05) is 0 Å². The van der Waals surface area contributed by atoms with Crippen LogP contribution in [0, 0.1) is 11.8 Å². The van der Waals surface area contributed by atoms with Crippen molar-refractivity contribution in [3.8, 4) is 0 Å². The third-order valence-corrected chi connectivity index (χ3v) is 7.86. The summed E-state index contributed by atoms with van der Waals surface area (Å²) in [5.41, 5.74) is 0. The molecule has 0 aliphatic heterocycles. The van der Waals surface area contributed by atoms with Crippen LogP contribution in [0.4, 0.5) is 0 Å². The Kier molecular flexibility index (Phi) is 9.76. The molecule has 0 amide bonds. The minimum atomic E-state index is -2.40. The van der Waals surface area contributed by atoms with Crippen LogP contribution in [0.15, 0.2) is 0 Å². The molecule has 1 atom stereocenters. The van der Waals surface area contributed by atoms with E-state index in [1.54, 1.807) is 21.3 Å². The second kappa shape index (κ2) is 10.7. The van der Waals surface area contributed by atoms with Gasteiger partial charge in [0.1, 0.15) is 0 Å². The van der Waals surface area contributed by atoms with Gasteiger partial charge in [-0.15, -0.1) is 0 Å². The quantitative estimate of drug-likeness (QED) is 0.468. The summed E-state index contributed by atoms with van der Waals surface area (Å²) in [5, 5.41) is 3.60. The first kappa shape index (κ1) is 19.1. The van der Waals surface area contributed by atoms with Gasteiger partial charge in [-0.2, -0.15) is 0 Å². The fourth-order valence-electron chi connectivity index (χ4n) is 3.28. The Morgan fingerprint density at radius 2 is 1.62 bits per heavy atom. The van der Waals surface area contributed by atoms with Crippen molar-refractivity contribution in [3.05, 3.63) is 0 Å². The Morgan fingerprint density at radius 1 is 1.00 bits per heavy atom. The fourth-order valence-corrected chi connectivity index (χ4v) is 5.34. The lowest BCUT2D eigenvalue weighted by Crippen LogP contribution is -2.44. The number of hydrogen-bond acceptors (Lipinski definition) is 4. The zero-order valence-corrected chi connectivity index (χ0v) is 15.5. The highest BCUT2D eigenvalue weighted by atomic mass is 28.4. The van der Waals surface area contributed by atoms with Crippen LogP contribution < -0.4 is 5.32 Å². The van der Waals surface area contributed by atoms with E-state index in [2.05, 4.69) is 12.2 Å². The van der Waals surface area contributed by atoms with Crippen LogP contribution in [0.1, 0.15) is 51.9 Å². The van der Waals surface area contributed by atoms with Crippen molar-refractivity contribution in [2.75, 3.05) is 34.4 Å². The van der Waals surface area contributed by atoms with Gasteiger partial charge in [-0.3, -0.25) is 0 Å². The first-order valence-corrected chi connectivity index (χ1v) is 10.4. The van der Waals surface area contributed by atoms with Crippen molar-refractivity contribution >= 4 is 8.80 Å². The van der Waals surface area contributed by atoms with E-state index in [-0.39, 0.29) is 0 Å². The smallest absolute Gasteiger partial charge is 0.377 e. The maximum absolute atomic E-state index is 5.49. The monoisotopic (exact) mass is 317 g/mol. The van der Waals surface area contributed by atoms with Gasteiger partial charge in [-0.1, -0.05) is 39.0 Å². The van der Waals surface area contributed by atoms with Crippen LogP contribution in [-0.2, 0) is 13.3 Å². The van der Waals surface area contributed by atoms with Crippen molar-refractivity contribution in [3.63, 3.8) is 0 Å². The molecule has 0 heterocycles. The maximum Gasteiger partial charge on any atom is 0.500 e. The Bertz CT molecular complexity index is 248. The number of nitrogens with one attached hydrogen (secondary N) is 1. The molecule has 0 bridgehead atoms. The summed E-state index contributed by atoms with van der Waals surface area (Å²) in [6, 6.07) is 0.890. The van der Waals surface area contributed by atoms with Gasteiger partial charge in [0.15, 0.2) is 0 Å². The van der Waals surface area contributed by atoms with Crippen LogP contribution in [0.25, 0.3) is 0 Å². The van der Waals surface area contributed by atoms with Crippen LogP contribution in [0.2, 0.25) is 6.04 Å². The van der Waals surface area contributed by atoms with Gasteiger partial charge in [-0.05, 0) is 37.8 Å². The van der Waals surface area contributed by atoms with E-state index in [4.69, 9.17) is 13.3 Å². The van der Waals surface area contributed by atoms with Gasteiger partial charge < -0.3 is 18.6 Å². The second-order valence-electron chi connectivity index (χ2n) is 6.44. The maximum atomic E-state index is 5.49. The highest BCUT2D eigenvalue weighted by Gasteiger charge is 2.39. The minimum absolute atomic E-state index is 0.554. The van der Waals surface area contributed by atoms with Gasteiger partial charge in [0.25, 0.3) is 0 Å². The molecule has 1 unspecified atom stereocenters. The van der Waals surface area contributed by atoms with E-state index in [0.717, 1.165) is 24.9 Å². The van der Waals surface area contributed by atoms with Crippen LogP contribution in [0.5, 0.6) is 0 Å². The first-order valence-electron chi connectivity index (χ1n) is 8.52. The normalized spacial score (nSPS) is 18.9. The van der Waals surface area contributed by atoms with E-state index in [9.17, 15) is 0 Å². The Labute approximate surface area is 132 Å². The molecule has 1 N–H and O–H groups in total. The summed E-state index contributed by atoms with van der Waals surface area (Å²) in [7, 11) is 2.66. The van der Waals surface area contributed by atoms with Gasteiger partial charge >= 0.3 is 8.80 Å². The van der Waals surface area contributed by atoms with Crippen molar-refractivity contribution in [1.82, 2.24) is 5.32 Å². The zero-order valence-electron chi connectivity index (χ0n) is 14.5. The molecule has 1 fully saturated rings. The molecule has 126 valence electrons. The van der Waals surface area contributed by atoms with Crippen LogP contribution >= 0.6 is 0 Å². The van der Waals surface area contributed by atoms with Crippen molar-refractivity contribution < 1.29 is 13.3 Å². The highest BCUT2D eigenvalue weighted by Crippen LogP contribution is 2.25. The summed E-state index contributed by atoms with van der Waals surface area (Å²) in [6.45, 7) is 4.50. The average molecular weight is 318 g/mol. The van der Waals surface area contributed by atoms with Gasteiger partial charge in [0.2, 0.25) is 0 Å². The molecule has 1 rings (SSSR count). The lowest BCUT2D eigenvalue weighted by atomic mass is 9.87. The summed E-state index contributed by atoms with van der Waals surface area (Å²) in [4.78, 5) is 0. The third-order valence-electron chi connectivity index (χ3n) is 4.80. The molecule has 0 spiro atoms. The highest BCUT2D eigenvalue weighted by molar-refractivity contribution is 6.60. The summed E-state index contributed by atoms with van der Waals surface area (Å²) in [5.74, 6) is 1.53. The molecule has 1 aliphatic carbocycles. The summed E-state index contributed by atoms with van der Waals surface area (Å²) < 4.78 is 16.5. The number of hydrogen-bond donors (Lipinski definition) is 1. The molecular formula is C16H35NO3Si. The second-order valence-corrected chi connectivity index (χ2v) is 9.44. The average Bonchev–Trinajstić information content (AvgIpc) is 2.53. The van der Waals surface area contributed by atoms with E-state index in [0.29, 0.717) is 5.92 Å². The standard InChI is InChI=1S/C16H35NO3Si/c1-15(14-21(18-2,19-3)20-4)10-12-17-13-11-16-8-6-5-7-9-16/h15-17H,5-14H2,1-4H3. The molecule has 5 heteroatoms. The molecule has 0 aromatic carbocycles. The largest absolute Gasteiger partial charge is 0.500 e. The summed E-state index contributed by atoms with van der Waals surface area (Å²) in [6.07, 6.45) is 9.73. The molecule has 0 aromatic heterocycles. The molecule has 1 aliphatic rings. The summed E-state index contributed by atoms with van der Waals surface area (Å²) >= 11 is 0. The van der Waals surface area contributed by atoms with Crippen molar-refractivity contribution in [2.45, 2.75) is 57.9 Å². The molecule has 0 saturated heterocycles. The van der Waals surface area contributed by atoms with Crippen molar-refractivity contribution in [2.24, 2.45) is 11.8 Å². The minimum Gasteiger partial charge on any atom is -0.377 e. The third kappa shape index (κ3) is 7.24. The molecule has 1 saturated carbocycles. The van der Waals surface area contributed by atoms with Gasteiger partial charge in [0, 0.05) is 27.4 Å². The predicted octanol–water partition coefficient (Wildman–Crippen LogP) is 3.45. The van der Waals surface area contributed by atoms with E-state index >= 15 is 0 Å². The molecule has 0 aromatic rings.